The SMILES string of the molecule is COc1ccc(-c2nc([C@H]3CCO[C@@H](c4cnn(C5CC5)c4)C3)cn3c(=O)c(Cl)c(C)nc23)c(F)c1. The first-order valence-corrected chi connectivity index (χ1v) is 12.4. The number of methoxy groups -OCH3 is 1. The molecule has 2 atom stereocenters. The molecular formula is C26H25ClFN5O3. The van der Waals surface area contributed by atoms with Crippen LogP contribution in [0.25, 0.3) is 16.9 Å². The minimum atomic E-state index is -0.514. The van der Waals surface area contributed by atoms with Gasteiger partial charge in [-0.1, -0.05) is 11.6 Å². The molecule has 1 saturated carbocycles. The van der Waals surface area contributed by atoms with Crippen LogP contribution in [0.2, 0.25) is 5.02 Å². The quantitative estimate of drug-likeness (QED) is 0.375. The van der Waals surface area contributed by atoms with Crippen LogP contribution in [-0.4, -0.2) is 37.9 Å². The van der Waals surface area contributed by atoms with E-state index in [0.717, 1.165) is 24.8 Å². The third kappa shape index (κ3) is 4.06. The molecule has 186 valence electrons. The van der Waals surface area contributed by atoms with Crippen LogP contribution in [-0.2, 0) is 4.74 Å². The van der Waals surface area contributed by atoms with Crippen LogP contribution in [0.15, 0.2) is 41.6 Å². The van der Waals surface area contributed by atoms with Gasteiger partial charge in [-0.25, -0.2) is 14.4 Å². The van der Waals surface area contributed by atoms with Crippen LogP contribution in [0.5, 0.6) is 5.75 Å². The zero-order valence-corrected chi connectivity index (χ0v) is 20.7. The van der Waals surface area contributed by atoms with Gasteiger partial charge < -0.3 is 9.47 Å². The molecule has 10 heteroatoms. The Labute approximate surface area is 211 Å². The molecule has 1 aromatic carbocycles. The molecule has 0 N–H and O–H groups in total. The largest absolute Gasteiger partial charge is 0.497 e. The molecule has 1 aliphatic heterocycles. The number of benzene rings is 1. The summed E-state index contributed by atoms with van der Waals surface area (Å²) in [5.41, 5.74) is 2.43. The van der Waals surface area contributed by atoms with Gasteiger partial charge in [0, 0.05) is 42.1 Å². The van der Waals surface area contributed by atoms with E-state index in [9.17, 15) is 4.79 Å². The summed E-state index contributed by atoms with van der Waals surface area (Å²) in [6, 6.07) is 5.04. The minimum Gasteiger partial charge on any atom is -0.497 e. The third-order valence-corrected chi connectivity index (χ3v) is 7.42. The van der Waals surface area contributed by atoms with Gasteiger partial charge in [-0.15, -0.1) is 0 Å². The van der Waals surface area contributed by atoms with Gasteiger partial charge in [-0.3, -0.25) is 13.9 Å². The average molecular weight is 510 g/mol. The number of ether oxygens (including phenoxy) is 2. The highest BCUT2D eigenvalue weighted by molar-refractivity contribution is 6.31. The Balaban J connectivity index is 1.45. The van der Waals surface area contributed by atoms with Gasteiger partial charge in [0.05, 0.1) is 36.8 Å². The second kappa shape index (κ2) is 8.97. The molecule has 1 aliphatic carbocycles. The van der Waals surface area contributed by atoms with Crippen molar-refractivity contribution >= 4 is 17.2 Å². The summed E-state index contributed by atoms with van der Waals surface area (Å²) >= 11 is 6.26. The standard InChI is InChI=1S/C26H25ClFN5O3/c1-14-23(27)26(34)32-13-21(31-24(25(32)30-14)19-6-5-18(35-2)10-20(19)28)15-7-8-36-22(9-15)16-11-29-33(12-16)17-3-4-17/h5-6,10-13,15,17,22H,3-4,7-9H2,1-2H3/t15-,22+/m0/s1. The lowest BCUT2D eigenvalue weighted by molar-refractivity contribution is 0.00454. The summed E-state index contributed by atoms with van der Waals surface area (Å²) in [7, 11) is 1.48. The van der Waals surface area contributed by atoms with Gasteiger partial charge in [0.15, 0.2) is 5.65 Å². The minimum absolute atomic E-state index is 0.00976. The van der Waals surface area contributed by atoms with Crippen molar-refractivity contribution in [2.45, 2.75) is 50.7 Å². The van der Waals surface area contributed by atoms with Crippen molar-refractivity contribution in [3.63, 3.8) is 0 Å². The maximum absolute atomic E-state index is 15.2. The van der Waals surface area contributed by atoms with Crippen LogP contribution in [0.3, 0.4) is 0 Å². The first kappa shape index (κ1) is 23.1. The second-order valence-corrected chi connectivity index (χ2v) is 9.81. The summed E-state index contributed by atoms with van der Waals surface area (Å²) < 4.78 is 29.8. The van der Waals surface area contributed by atoms with E-state index in [1.807, 2.05) is 10.9 Å². The molecule has 8 nitrogen and oxygen atoms in total. The maximum Gasteiger partial charge on any atom is 0.277 e. The molecule has 0 bridgehead atoms. The summed E-state index contributed by atoms with van der Waals surface area (Å²) in [4.78, 5) is 22.5. The molecular weight excluding hydrogens is 485 g/mol. The maximum atomic E-state index is 15.2. The molecule has 2 aliphatic rings. The van der Waals surface area contributed by atoms with Crippen molar-refractivity contribution in [3.05, 3.63) is 74.9 Å². The van der Waals surface area contributed by atoms with Gasteiger partial charge in [0.25, 0.3) is 5.56 Å². The smallest absolute Gasteiger partial charge is 0.277 e. The summed E-state index contributed by atoms with van der Waals surface area (Å²) in [5, 5.41) is 4.53. The Kier molecular flexibility index (Phi) is 5.76. The Morgan fingerprint density at radius 1 is 1.19 bits per heavy atom. The van der Waals surface area contributed by atoms with E-state index in [4.69, 9.17) is 26.1 Å². The van der Waals surface area contributed by atoms with Crippen LogP contribution in [0.1, 0.15) is 60.7 Å². The lowest BCUT2D eigenvalue weighted by atomic mass is 9.90. The van der Waals surface area contributed by atoms with E-state index in [0.29, 0.717) is 36.2 Å². The van der Waals surface area contributed by atoms with Gasteiger partial charge in [-0.05, 0) is 44.7 Å². The van der Waals surface area contributed by atoms with Gasteiger partial charge in [-0.2, -0.15) is 5.10 Å². The van der Waals surface area contributed by atoms with E-state index in [1.165, 1.54) is 17.6 Å². The molecule has 4 heterocycles. The number of hydrogen-bond acceptors (Lipinski definition) is 6. The normalized spacial score (nSPS) is 20.1. The Morgan fingerprint density at radius 2 is 2.03 bits per heavy atom. The fraction of sp³-hybridized carbons (Fsp3) is 0.385. The van der Waals surface area contributed by atoms with Crippen molar-refractivity contribution in [2.75, 3.05) is 13.7 Å². The van der Waals surface area contributed by atoms with E-state index in [-0.39, 0.29) is 33.9 Å². The lowest BCUT2D eigenvalue weighted by Crippen LogP contribution is -2.23. The third-order valence-electron chi connectivity index (χ3n) is 6.99. The average Bonchev–Trinajstić information content (AvgIpc) is 3.63. The zero-order valence-electron chi connectivity index (χ0n) is 19.9. The van der Waals surface area contributed by atoms with Crippen LogP contribution < -0.4 is 10.3 Å². The summed E-state index contributed by atoms with van der Waals surface area (Å²) in [5.74, 6) is -0.135. The lowest BCUT2D eigenvalue weighted by Gasteiger charge is -2.29. The highest BCUT2D eigenvalue weighted by Crippen LogP contribution is 2.40. The molecule has 3 aromatic heterocycles. The number of nitrogens with zero attached hydrogens (tertiary/aromatic N) is 5. The second-order valence-electron chi connectivity index (χ2n) is 9.44. The van der Waals surface area contributed by atoms with E-state index in [1.54, 1.807) is 25.3 Å². The van der Waals surface area contributed by atoms with Gasteiger partial charge in [0.1, 0.15) is 22.3 Å². The summed E-state index contributed by atoms with van der Waals surface area (Å²) in [6.07, 6.45) is 9.19. The number of aryl methyl sites for hydroxylation is 1. The predicted octanol–water partition coefficient (Wildman–Crippen LogP) is 5.03. The number of rotatable bonds is 5. The van der Waals surface area contributed by atoms with Gasteiger partial charge >= 0.3 is 0 Å². The zero-order chi connectivity index (χ0) is 25.0. The van der Waals surface area contributed by atoms with Gasteiger partial charge in [0.2, 0.25) is 0 Å². The highest BCUT2D eigenvalue weighted by Gasteiger charge is 2.30. The van der Waals surface area contributed by atoms with Crippen molar-refractivity contribution in [1.29, 1.82) is 0 Å². The fourth-order valence-electron chi connectivity index (χ4n) is 4.79. The molecule has 0 amide bonds. The first-order valence-electron chi connectivity index (χ1n) is 12.0. The number of hydrogen-bond donors (Lipinski definition) is 0. The monoisotopic (exact) mass is 509 g/mol. The fourth-order valence-corrected chi connectivity index (χ4v) is 4.93. The molecule has 0 unspecified atom stereocenters. The number of aromatic nitrogens is 5. The molecule has 0 radical (unpaired) electrons. The molecule has 2 fully saturated rings. The molecule has 36 heavy (non-hydrogen) atoms. The molecule has 4 aromatic rings. The Hall–Kier alpha value is -3.30. The van der Waals surface area contributed by atoms with Crippen LogP contribution in [0, 0.1) is 12.7 Å². The Bertz CT molecular complexity index is 1530. The van der Waals surface area contributed by atoms with Crippen molar-refractivity contribution in [2.24, 2.45) is 0 Å². The summed E-state index contributed by atoms with van der Waals surface area (Å²) in [6.45, 7) is 2.19. The topological polar surface area (TPSA) is 83.5 Å². The molecule has 1 saturated heterocycles. The number of halogens is 2. The predicted molar refractivity (Wildman–Crippen MR) is 132 cm³/mol. The van der Waals surface area contributed by atoms with Crippen LogP contribution in [0.4, 0.5) is 4.39 Å². The van der Waals surface area contributed by atoms with Crippen molar-refractivity contribution < 1.29 is 13.9 Å². The van der Waals surface area contributed by atoms with Crippen molar-refractivity contribution in [3.8, 4) is 17.0 Å². The van der Waals surface area contributed by atoms with E-state index in [2.05, 4.69) is 16.3 Å². The van der Waals surface area contributed by atoms with Crippen molar-refractivity contribution in [1.82, 2.24) is 24.1 Å². The number of fused-ring (bicyclic) bond motifs is 1. The van der Waals surface area contributed by atoms with E-state index < -0.39 is 11.4 Å². The Morgan fingerprint density at radius 3 is 2.78 bits per heavy atom. The van der Waals surface area contributed by atoms with E-state index >= 15 is 4.39 Å². The van der Waals surface area contributed by atoms with Crippen LogP contribution >= 0.6 is 11.6 Å². The molecule has 0 spiro atoms. The first-order chi connectivity index (χ1) is 17.4. The highest BCUT2D eigenvalue weighted by atomic mass is 35.5. The molecule has 6 rings (SSSR count).